The first-order valence-corrected chi connectivity index (χ1v) is 7.64. The number of aromatic nitrogens is 2. The molecular weight excluding hydrogens is 262 g/mol. The van der Waals surface area contributed by atoms with Gasteiger partial charge in [0.05, 0.1) is 6.42 Å². The third-order valence-corrected chi connectivity index (χ3v) is 4.03. The van der Waals surface area contributed by atoms with Gasteiger partial charge in [0.1, 0.15) is 5.82 Å². The molecule has 0 amide bonds. The van der Waals surface area contributed by atoms with Gasteiger partial charge in [-0.2, -0.15) is 0 Å². The van der Waals surface area contributed by atoms with Crippen molar-refractivity contribution in [3.63, 3.8) is 0 Å². The molecule has 0 atom stereocenters. The van der Waals surface area contributed by atoms with Crippen LogP contribution >= 0.6 is 0 Å². The van der Waals surface area contributed by atoms with Gasteiger partial charge in [-0.05, 0) is 30.5 Å². The van der Waals surface area contributed by atoms with Gasteiger partial charge in [-0.3, -0.25) is 4.79 Å². The summed E-state index contributed by atoms with van der Waals surface area (Å²) in [6, 6.07) is 6.05. The van der Waals surface area contributed by atoms with Crippen LogP contribution < -0.4 is 5.32 Å². The van der Waals surface area contributed by atoms with Gasteiger partial charge in [0.15, 0.2) is 5.78 Å². The van der Waals surface area contributed by atoms with Crippen LogP contribution in [-0.4, -0.2) is 21.9 Å². The number of imidazole rings is 1. The fraction of sp³-hybridized carbons (Fsp3) is 0.412. The average Bonchev–Trinajstić information content (AvgIpc) is 2.94. The molecule has 0 saturated carbocycles. The Balaban J connectivity index is 1.84. The number of Topliss-reactive ketones (excluding diaryl/α,β-unsaturated/α-hetero) is 1. The second-order valence-electron chi connectivity index (χ2n) is 5.51. The van der Waals surface area contributed by atoms with E-state index in [-0.39, 0.29) is 5.78 Å². The van der Waals surface area contributed by atoms with Crippen molar-refractivity contribution < 1.29 is 4.79 Å². The van der Waals surface area contributed by atoms with E-state index in [9.17, 15) is 4.79 Å². The molecule has 110 valence electrons. The maximum Gasteiger partial charge on any atom is 0.170 e. The van der Waals surface area contributed by atoms with Crippen molar-refractivity contribution in [2.75, 3.05) is 6.54 Å². The molecule has 2 aromatic rings. The third kappa shape index (κ3) is 2.90. The second-order valence-corrected chi connectivity index (χ2v) is 5.51. The van der Waals surface area contributed by atoms with Gasteiger partial charge in [0.25, 0.3) is 0 Å². The predicted octanol–water partition coefficient (Wildman–Crippen LogP) is 2.36. The van der Waals surface area contributed by atoms with Crippen LogP contribution in [0.5, 0.6) is 0 Å². The molecule has 1 N–H and O–H groups in total. The van der Waals surface area contributed by atoms with Gasteiger partial charge in [-0.15, -0.1) is 0 Å². The summed E-state index contributed by atoms with van der Waals surface area (Å²) in [7, 11) is 0. The Morgan fingerprint density at radius 1 is 1.43 bits per heavy atom. The van der Waals surface area contributed by atoms with E-state index in [1.54, 1.807) is 6.20 Å². The van der Waals surface area contributed by atoms with Crippen LogP contribution in [-0.2, 0) is 25.9 Å². The van der Waals surface area contributed by atoms with Crippen molar-refractivity contribution in [2.24, 2.45) is 0 Å². The van der Waals surface area contributed by atoms with Crippen molar-refractivity contribution >= 4 is 5.78 Å². The monoisotopic (exact) mass is 283 g/mol. The Labute approximate surface area is 125 Å². The van der Waals surface area contributed by atoms with Crippen LogP contribution in [0.2, 0.25) is 0 Å². The number of carbonyl (C=O) groups is 1. The molecule has 0 unspecified atom stereocenters. The lowest BCUT2D eigenvalue weighted by atomic mass is 9.92. The van der Waals surface area contributed by atoms with Gasteiger partial charge in [0.2, 0.25) is 0 Å². The molecule has 1 aliphatic rings. The number of fused-ring (bicyclic) bond motifs is 1. The summed E-state index contributed by atoms with van der Waals surface area (Å²) >= 11 is 0. The highest BCUT2D eigenvalue weighted by Gasteiger charge is 2.18. The number of hydrogen-bond donors (Lipinski definition) is 1. The van der Waals surface area contributed by atoms with E-state index < -0.39 is 0 Å². The highest BCUT2D eigenvalue weighted by molar-refractivity contribution is 5.98. The second kappa shape index (κ2) is 6.22. The van der Waals surface area contributed by atoms with Gasteiger partial charge < -0.3 is 9.88 Å². The third-order valence-electron chi connectivity index (χ3n) is 4.03. The molecule has 3 rings (SSSR count). The Morgan fingerprint density at radius 2 is 2.33 bits per heavy atom. The fourth-order valence-corrected chi connectivity index (χ4v) is 2.98. The molecule has 1 aliphatic heterocycles. The number of nitrogens with zero attached hydrogens (tertiary/aromatic N) is 2. The minimum atomic E-state index is 0.178. The topological polar surface area (TPSA) is 46.9 Å². The molecule has 4 heteroatoms. The van der Waals surface area contributed by atoms with Gasteiger partial charge in [0, 0.05) is 31.0 Å². The SMILES string of the molecule is CCCn1ccnc1CC(=O)c1cccc2c1CCNC2. The molecule has 0 spiro atoms. The number of carbonyl (C=O) groups excluding carboxylic acids is 1. The molecule has 0 aliphatic carbocycles. The normalized spacial score (nSPS) is 14.0. The van der Waals surface area contributed by atoms with E-state index in [2.05, 4.69) is 27.9 Å². The number of benzene rings is 1. The quantitative estimate of drug-likeness (QED) is 0.857. The Bertz CT molecular complexity index is 645. The van der Waals surface area contributed by atoms with Crippen molar-refractivity contribution in [3.8, 4) is 0 Å². The lowest BCUT2D eigenvalue weighted by Crippen LogP contribution is -2.25. The molecule has 0 fully saturated rings. The standard InChI is InChI=1S/C17H21N3O/c1-2-9-20-10-8-19-17(20)11-16(21)15-5-3-4-13-12-18-7-6-14(13)15/h3-5,8,10,18H,2,6-7,9,11-12H2,1H3. The minimum Gasteiger partial charge on any atom is -0.335 e. The fourth-order valence-electron chi connectivity index (χ4n) is 2.98. The Kier molecular flexibility index (Phi) is 4.15. The van der Waals surface area contributed by atoms with Crippen LogP contribution in [0.4, 0.5) is 0 Å². The summed E-state index contributed by atoms with van der Waals surface area (Å²) in [5.41, 5.74) is 3.35. The van der Waals surface area contributed by atoms with Gasteiger partial charge in [-0.1, -0.05) is 25.1 Å². The van der Waals surface area contributed by atoms with E-state index in [0.29, 0.717) is 6.42 Å². The highest BCUT2D eigenvalue weighted by atomic mass is 16.1. The Hall–Kier alpha value is -1.94. The first-order valence-electron chi connectivity index (χ1n) is 7.64. The number of rotatable bonds is 5. The van der Waals surface area contributed by atoms with Crippen LogP contribution in [0.25, 0.3) is 0 Å². The zero-order chi connectivity index (χ0) is 14.7. The zero-order valence-electron chi connectivity index (χ0n) is 12.4. The minimum absolute atomic E-state index is 0.178. The van der Waals surface area contributed by atoms with E-state index in [4.69, 9.17) is 0 Å². The summed E-state index contributed by atoms with van der Waals surface area (Å²) < 4.78 is 2.08. The molecule has 4 nitrogen and oxygen atoms in total. The summed E-state index contributed by atoms with van der Waals surface area (Å²) in [5.74, 6) is 1.05. The maximum atomic E-state index is 12.7. The summed E-state index contributed by atoms with van der Waals surface area (Å²) in [4.78, 5) is 17.0. The molecule has 0 radical (unpaired) electrons. The van der Waals surface area contributed by atoms with Gasteiger partial charge >= 0.3 is 0 Å². The van der Waals surface area contributed by atoms with E-state index in [0.717, 1.165) is 43.9 Å². The largest absolute Gasteiger partial charge is 0.335 e. The maximum absolute atomic E-state index is 12.7. The van der Waals surface area contributed by atoms with Crippen LogP contribution in [0.3, 0.4) is 0 Å². The first kappa shape index (κ1) is 14.0. The van der Waals surface area contributed by atoms with Crippen molar-refractivity contribution in [1.82, 2.24) is 14.9 Å². The molecule has 2 heterocycles. The van der Waals surface area contributed by atoms with Crippen molar-refractivity contribution in [1.29, 1.82) is 0 Å². The van der Waals surface area contributed by atoms with Crippen molar-refractivity contribution in [2.45, 2.75) is 39.3 Å². The van der Waals surface area contributed by atoms with Crippen LogP contribution in [0, 0.1) is 0 Å². The number of nitrogens with one attached hydrogen (secondary N) is 1. The Morgan fingerprint density at radius 3 is 3.19 bits per heavy atom. The number of aryl methyl sites for hydroxylation is 1. The first-order chi connectivity index (χ1) is 10.3. The molecule has 21 heavy (non-hydrogen) atoms. The van der Waals surface area contributed by atoms with E-state index in [1.165, 1.54) is 11.1 Å². The predicted molar refractivity (Wildman–Crippen MR) is 82.4 cm³/mol. The summed E-state index contributed by atoms with van der Waals surface area (Å²) in [6.45, 7) is 4.86. The average molecular weight is 283 g/mol. The lowest BCUT2D eigenvalue weighted by molar-refractivity contribution is 0.0988. The van der Waals surface area contributed by atoms with Crippen molar-refractivity contribution in [3.05, 3.63) is 53.1 Å². The van der Waals surface area contributed by atoms with Crippen LogP contribution in [0.1, 0.15) is 40.7 Å². The summed E-state index contributed by atoms with van der Waals surface area (Å²) in [5, 5.41) is 3.35. The molecule has 1 aromatic heterocycles. The molecule has 1 aromatic carbocycles. The van der Waals surface area contributed by atoms with E-state index >= 15 is 0 Å². The zero-order valence-corrected chi connectivity index (χ0v) is 12.4. The van der Waals surface area contributed by atoms with E-state index in [1.807, 2.05) is 18.3 Å². The number of hydrogen-bond acceptors (Lipinski definition) is 3. The highest BCUT2D eigenvalue weighted by Crippen LogP contribution is 2.20. The molecule has 0 bridgehead atoms. The molecular formula is C17H21N3O. The smallest absolute Gasteiger partial charge is 0.170 e. The van der Waals surface area contributed by atoms with Crippen LogP contribution in [0.15, 0.2) is 30.6 Å². The lowest BCUT2D eigenvalue weighted by Gasteiger charge is -2.19. The van der Waals surface area contributed by atoms with Gasteiger partial charge in [-0.25, -0.2) is 4.98 Å². The molecule has 0 saturated heterocycles. The summed E-state index contributed by atoms with van der Waals surface area (Å²) in [6.07, 6.45) is 6.10. The number of ketones is 1.